The van der Waals surface area contributed by atoms with Crippen LogP contribution in [0.1, 0.15) is 35.6 Å². The van der Waals surface area contributed by atoms with Gasteiger partial charge in [0.2, 0.25) is 10.0 Å². The quantitative estimate of drug-likeness (QED) is 0.416. The molecule has 11 heteroatoms. The molecule has 2 N–H and O–H groups in total. The molecule has 7 nitrogen and oxygen atoms in total. The molecule has 190 valence electrons. The zero-order valence-electron chi connectivity index (χ0n) is 18.8. The van der Waals surface area contributed by atoms with Gasteiger partial charge in [-0.1, -0.05) is 30.3 Å². The van der Waals surface area contributed by atoms with Crippen LogP contribution in [-0.2, 0) is 27.4 Å². The van der Waals surface area contributed by atoms with Crippen molar-refractivity contribution in [1.29, 1.82) is 0 Å². The first kappa shape index (κ1) is 25.5. The van der Waals surface area contributed by atoms with E-state index >= 15 is 0 Å². The fraction of sp³-hybridized carbons (Fsp3) is 0.240. The van der Waals surface area contributed by atoms with E-state index in [9.17, 15) is 26.4 Å². The number of halogens is 3. The second-order valence-electron chi connectivity index (χ2n) is 8.14. The Bertz CT molecular complexity index is 1360. The first-order chi connectivity index (χ1) is 17.0. The van der Waals surface area contributed by atoms with Crippen molar-refractivity contribution >= 4 is 16.0 Å². The number of rotatable bonds is 8. The smallest absolute Gasteiger partial charge is 0.420 e. The van der Waals surface area contributed by atoms with Crippen LogP contribution in [0.2, 0.25) is 0 Å². The fourth-order valence-electron chi connectivity index (χ4n) is 4.07. The molecule has 36 heavy (non-hydrogen) atoms. The third kappa shape index (κ3) is 5.80. The summed E-state index contributed by atoms with van der Waals surface area (Å²) in [4.78, 5) is 10.3. The Morgan fingerprint density at radius 2 is 1.78 bits per heavy atom. The molecule has 1 atom stereocenters. The number of hydrogen-bond donors (Lipinski definition) is 2. The van der Waals surface area contributed by atoms with Gasteiger partial charge in [-0.05, 0) is 66.8 Å². The number of para-hydroxylation sites is 1. The molecular weight excluding hydrogens is 499 g/mol. The highest BCUT2D eigenvalue weighted by Gasteiger charge is 2.37. The van der Waals surface area contributed by atoms with Crippen LogP contribution in [0.25, 0.3) is 0 Å². The third-order valence-electron chi connectivity index (χ3n) is 5.65. The summed E-state index contributed by atoms with van der Waals surface area (Å²) in [5.74, 6) is -1.16. The van der Waals surface area contributed by atoms with E-state index in [1.165, 1.54) is 12.1 Å². The van der Waals surface area contributed by atoms with Crippen LogP contribution >= 0.6 is 0 Å². The van der Waals surface area contributed by atoms with Gasteiger partial charge < -0.3 is 14.6 Å². The van der Waals surface area contributed by atoms with Crippen molar-refractivity contribution in [3.05, 3.63) is 83.4 Å². The van der Waals surface area contributed by atoms with Crippen LogP contribution in [0.4, 0.5) is 13.2 Å². The Morgan fingerprint density at radius 1 is 1.03 bits per heavy atom. The van der Waals surface area contributed by atoms with Gasteiger partial charge in [0, 0.05) is 6.04 Å². The molecule has 0 aromatic heterocycles. The van der Waals surface area contributed by atoms with Crippen LogP contribution in [-0.4, -0.2) is 26.1 Å². The lowest BCUT2D eigenvalue weighted by Crippen LogP contribution is -2.31. The van der Waals surface area contributed by atoms with Crippen molar-refractivity contribution < 1.29 is 41.0 Å². The summed E-state index contributed by atoms with van der Waals surface area (Å²) in [5, 5.41) is 8.89. The van der Waals surface area contributed by atoms with Gasteiger partial charge in [-0.3, -0.25) is 0 Å². The van der Waals surface area contributed by atoms with E-state index in [0.717, 1.165) is 12.1 Å². The van der Waals surface area contributed by atoms with E-state index in [0.29, 0.717) is 42.2 Å². The largest absolute Gasteiger partial charge is 0.482 e. The van der Waals surface area contributed by atoms with Gasteiger partial charge in [0.05, 0.1) is 10.5 Å². The maximum absolute atomic E-state index is 13.8. The topological polar surface area (TPSA) is 102 Å². The highest BCUT2D eigenvalue weighted by molar-refractivity contribution is 7.89. The third-order valence-corrected chi connectivity index (χ3v) is 7.12. The van der Waals surface area contributed by atoms with Crippen LogP contribution in [0, 0.1) is 0 Å². The molecule has 0 radical (unpaired) electrons. The van der Waals surface area contributed by atoms with Gasteiger partial charge in [-0.25, -0.2) is 17.9 Å². The van der Waals surface area contributed by atoms with Gasteiger partial charge in [0.25, 0.3) is 0 Å². The van der Waals surface area contributed by atoms with Crippen LogP contribution in [0.3, 0.4) is 0 Å². The zero-order valence-corrected chi connectivity index (χ0v) is 19.6. The normalized spacial score (nSPS) is 15.7. The van der Waals surface area contributed by atoms with Crippen molar-refractivity contribution in [3.63, 3.8) is 0 Å². The highest BCUT2D eigenvalue weighted by Crippen LogP contribution is 2.40. The number of benzene rings is 3. The molecule has 0 saturated carbocycles. The molecule has 0 unspecified atom stereocenters. The molecule has 4 rings (SSSR count). The first-order valence-corrected chi connectivity index (χ1v) is 12.5. The molecule has 1 aliphatic rings. The Balaban J connectivity index is 1.63. The molecule has 0 spiro atoms. The maximum atomic E-state index is 13.8. The molecule has 1 aliphatic carbocycles. The van der Waals surface area contributed by atoms with Gasteiger partial charge in [0.1, 0.15) is 17.2 Å². The lowest BCUT2D eigenvalue weighted by atomic mass is 9.87. The van der Waals surface area contributed by atoms with Crippen LogP contribution in [0.15, 0.2) is 71.6 Å². The Morgan fingerprint density at radius 3 is 2.47 bits per heavy atom. The van der Waals surface area contributed by atoms with E-state index in [2.05, 4.69) is 4.72 Å². The molecule has 3 aromatic carbocycles. The maximum Gasteiger partial charge on any atom is 0.420 e. The van der Waals surface area contributed by atoms with Crippen molar-refractivity contribution in [2.24, 2.45) is 0 Å². The number of hydrogen-bond acceptors (Lipinski definition) is 5. The molecule has 0 aliphatic heterocycles. The van der Waals surface area contributed by atoms with Crippen molar-refractivity contribution in [2.75, 3.05) is 6.61 Å². The van der Waals surface area contributed by atoms with Crippen LogP contribution in [0.5, 0.6) is 17.2 Å². The van der Waals surface area contributed by atoms with E-state index in [1.54, 1.807) is 36.4 Å². The number of ether oxygens (including phenoxy) is 2. The average molecular weight is 522 g/mol. The predicted molar refractivity (Wildman–Crippen MR) is 124 cm³/mol. The van der Waals surface area contributed by atoms with Gasteiger partial charge in [-0.2, -0.15) is 13.2 Å². The molecule has 0 amide bonds. The summed E-state index contributed by atoms with van der Waals surface area (Å²) in [6.45, 7) is -0.551. The summed E-state index contributed by atoms with van der Waals surface area (Å²) in [6.07, 6.45) is -3.32. The van der Waals surface area contributed by atoms with Crippen LogP contribution < -0.4 is 14.2 Å². The predicted octanol–water partition coefficient (Wildman–Crippen LogP) is 5.32. The highest BCUT2D eigenvalue weighted by atomic mass is 32.2. The Labute approximate surface area is 205 Å². The van der Waals surface area contributed by atoms with Crippen molar-refractivity contribution in [3.8, 4) is 17.2 Å². The average Bonchev–Trinajstić information content (AvgIpc) is 2.83. The van der Waals surface area contributed by atoms with E-state index in [-0.39, 0.29) is 5.75 Å². The zero-order chi connectivity index (χ0) is 25.9. The lowest BCUT2D eigenvalue weighted by Gasteiger charge is -2.28. The first-order valence-electron chi connectivity index (χ1n) is 11.0. The molecule has 0 fully saturated rings. The number of alkyl halides is 3. The summed E-state index contributed by atoms with van der Waals surface area (Å²) in [6, 6.07) is 14.6. The SMILES string of the molecule is O=C(O)COc1cccc2c1CCC[C@H]2NS(=O)(=O)c1ccc(Oc2ccccc2)c(C(F)(F)F)c1. The van der Waals surface area contributed by atoms with E-state index in [4.69, 9.17) is 14.6 Å². The minimum atomic E-state index is -4.86. The minimum Gasteiger partial charge on any atom is -0.482 e. The summed E-state index contributed by atoms with van der Waals surface area (Å²) in [7, 11) is -4.35. The number of sulfonamides is 1. The van der Waals surface area contributed by atoms with Gasteiger partial charge >= 0.3 is 12.1 Å². The van der Waals surface area contributed by atoms with E-state index < -0.39 is 51.0 Å². The number of carboxylic acids is 1. The summed E-state index contributed by atoms with van der Waals surface area (Å²) < 4.78 is 80.8. The standard InChI is InChI=1S/C25H22F3NO6S/c26-25(27,28)20-14-17(12-13-23(20)35-16-6-2-1-3-7-16)36(32,33)29-21-10-4-9-19-18(21)8-5-11-22(19)34-15-24(30)31/h1-3,5-8,11-14,21,29H,4,9-10,15H2,(H,30,31)/t21-/m1/s1. The van der Waals surface area contributed by atoms with Gasteiger partial charge in [0.15, 0.2) is 6.61 Å². The summed E-state index contributed by atoms with van der Waals surface area (Å²) in [5.41, 5.74) is 0.0377. The minimum absolute atomic E-state index is 0.177. The summed E-state index contributed by atoms with van der Waals surface area (Å²) >= 11 is 0. The number of fused-ring (bicyclic) bond motifs is 1. The Hall–Kier alpha value is -3.57. The molecule has 3 aromatic rings. The molecule has 0 saturated heterocycles. The second kappa shape index (κ2) is 10.2. The molecular formula is C25H22F3NO6S. The molecule has 0 heterocycles. The van der Waals surface area contributed by atoms with Crippen molar-refractivity contribution in [2.45, 2.75) is 36.4 Å². The molecule has 0 bridgehead atoms. The fourth-order valence-corrected chi connectivity index (χ4v) is 5.35. The number of carbonyl (C=O) groups is 1. The second-order valence-corrected chi connectivity index (χ2v) is 9.86. The monoisotopic (exact) mass is 521 g/mol. The number of aliphatic carboxylic acids is 1. The number of nitrogens with one attached hydrogen (secondary N) is 1. The van der Waals surface area contributed by atoms with Gasteiger partial charge in [-0.15, -0.1) is 0 Å². The van der Waals surface area contributed by atoms with Crippen molar-refractivity contribution in [1.82, 2.24) is 4.72 Å². The Kier molecular flexibility index (Phi) is 7.23. The van der Waals surface area contributed by atoms with E-state index in [1.807, 2.05) is 0 Å². The number of carboxylic acid groups (broad SMARTS) is 1. The lowest BCUT2D eigenvalue weighted by molar-refractivity contribution is -0.140.